The summed E-state index contributed by atoms with van der Waals surface area (Å²) in [4.78, 5) is 0. The first-order chi connectivity index (χ1) is 8.40. The van der Waals surface area contributed by atoms with Gasteiger partial charge in [-0.05, 0) is 24.2 Å². The molecule has 2 rings (SSSR count). The molecule has 0 spiro atoms. The van der Waals surface area contributed by atoms with Gasteiger partial charge < -0.3 is 0 Å². The highest BCUT2D eigenvalue weighted by Crippen LogP contribution is 2.36. The molecule has 0 aromatic carbocycles. The molecule has 2 saturated carbocycles. The molecule has 0 amide bonds. The Hall–Kier alpha value is 0. The zero-order chi connectivity index (χ0) is 11.9. The lowest BCUT2D eigenvalue weighted by Gasteiger charge is -2.31. The SMILES string of the molecule is CCC(CCC1CCCCC1)C1CCCCC1. The Morgan fingerprint density at radius 2 is 1.41 bits per heavy atom. The summed E-state index contributed by atoms with van der Waals surface area (Å²) in [5.74, 6) is 3.26. The van der Waals surface area contributed by atoms with E-state index >= 15 is 0 Å². The molecule has 0 nitrogen and oxygen atoms in total. The fraction of sp³-hybridized carbons (Fsp3) is 1.00. The van der Waals surface area contributed by atoms with Crippen LogP contribution in [-0.2, 0) is 0 Å². The topological polar surface area (TPSA) is 0 Å². The summed E-state index contributed by atoms with van der Waals surface area (Å²) in [5.41, 5.74) is 0. The van der Waals surface area contributed by atoms with E-state index in [1.54, 1.807) is 38.5 Å². The lowest BCUT2D eigenvalue weighted by molar-refractivity contribution is 0.207. The first-order valence-corrected chi connectivity index (χ1v) is 8.40. The van der Waals surface area contributed by atoms with Gasteiger partial charge in [0.2, 0.25) is 0 Å². The molecule has 0 heteroatoms. The van der Waals surface area contributed by atoms with Gasteiger partial charge in [-0.3, -0.25) is 0 Å². The number of hydrogen-bond acceptors (Lipinski definition) is 0. The maximum absolute atomic E-state index is 2.43. The molecule has 2 aliphatic rings. The van der Waals surface area contributed by atoms with E-state index in [4.69, 9.17) is 0 Å². The van der Waals surface area contributed by atoms with Gasteiger partial charge in [0.1, 0.15) is 0 Å². The van der Waals surface area contributed by atoms with Crippen LogP contribution >= 0.6 is 0 Å². The van der Waals surface area contributed by atoms with Crippen molar-refractivity contribution in [3.8, 4) is 0 Å². The minimum absolute atomic E-state index is 1.07. The van der Waals surface area contributed by atoms with Crippen LogP contribution in [0.5, 0.6) is 0 Å². The highest BCUT2D eigenvalue weighted by atomic mass is 14.3. The first-order valence-electron chi connectivity index (χ1n) is 8.40. The zero-order valence-electron chi connectivity index (χ0n) is 11.9. The van der Waals surface area contributed by atoms with Crippen molar-refractivity contribution in [3.63, 3.8) is 0 Å². The molecular weight excluding hydrogens is 204 g/mol. The molecule has 0 aromatic heterocycles. The smallest absolute Gasteiger partial charge is 0.0386 e. The largest absolute Gasteiger partial charge is 0.0651 e. The molecule has 0 aromatic rings. The van der Waals surface area contributed by atoms with Crippen molar-refractivity contribution in [1.82, 2.24) is 0 Å². The molecule has 2 fully saturated rings. The summed E-state index contributed by atoms with van der Waals surface area (Å²) >= 11 is 0. The Morgan fingerprint density at radius 3 is 2.00 bits per heavy atom. The Labute approximate surface area is 109 Å². The van der Waals surface area contributed by atoms with Gasteiger partial charge in [-0.15, -0.1) is 0 Å². The van der Waals surface area contributed by atoms with E-state index in [0.29, 0.717) is 0 Å². The number of rotatable bonds is 5. The molecule has 100 valence electrons. The van der Waals surface area contributed by atoms with Crippen molar-refractivity contribution < 1.29 is 0 Å². The predicted octanol–water partition coefficient (Wildman–Crippen LogP) is 5.95. The van der Waals surface area contributed by atoms with Crippen molar-refractivity contribution in [3.05, 3.63) is 0 Å². The van der Waals surface area contributed by atoms with Crippen LogP contribution < -0.4 is 0 Å². The van der Waals surface area contributed by atoms with E-state index in [1.165, 1.54) is 44.9 Å². The third kappa shape index (κ3) is 4.30. The van der Waals surface area contributed by atoms with E-state index in [1.807, 2.05) is 0 Å². The third-order valence-corrected chi connectivity index (χ3v) is 5.51. The van der Waals surface area contributed by atoms with Gasteiger partial charge in [-0.1, -0.05) is 84.0 Å². The summed E-state index contributed by atoms with van der Waals surface area (Å²) in [7, 11) is 0. The summed E-state index contributed by atoms with van der Waals surface area (Å²) in [5, 5.41) is 0. The monoisotopic (exact) mass is 236 g/mol. The van der Waals surface area contributed by atoms with E-state index in [0.717, 1.165) is 17.8 Å². The van der Waals surface area contributed by atoms with Gasteiger partial charge in [0.05, 0.1) is 0 Å². The molecule has 0 saturated heterocycles. The van der Waals surface area contributed by atoms with Crippen LogP contribution in [0, 0.1) is 17.8 Å². The van der Waals surface area contributed by atoms with Gasteiger partial charge in [0.25, 0.3) is 0 Å². The summed E-state index contributed by atoms with van der Waals surface area (Å²) < 4.78 is 0. The Morgan fingerprint density at radius 1 is 0.824 bits per heavy atom. The minimum atomic E-state index is 1.07. The van der Waals surface area contributed by atoms with Gasteiger partial charge >= 0.3 is 0 Å². The summed E-state index contributed by atoms with van der Waals surface area (Å²) in [6.45, 7) is 2.43. The Kier molecular flexibility index (Phi) is 5.88. The molecule has 0 radical (unpaired) electrons. The van der Waals surface area contributed by atoms with Crippen LogP contribution in [0.25, 0.3) is 0 Å². The molecule has 0 bridgehead atoms. The van der Waals surface area contributed by atoms with Crippen LogP contribution in [0.3, 0.4) is 0 Å². The predicted molar refractivity (Wildman–Crippen MR) is 76.2 cm³/mol. The number of hydrogen-bond donors (Lipinski definition) is 0. The summed E-state index contributed by atoms with van der Waals surface area (Å²) in [6.07, 6.45) is 19.8. The fourth-order valence-electron chi connectivity index (χ4n) is 4.30. The quantitative estimate of drug-likeness (QED) is 0.553. The van der Waals surface area contributed by atoms with Crippen LogP contribution in [0.1, 0.15) is 90.4 Å². The third-order valence-electron chi connectivity index (χ3n) is 5.51. The first kappa shape index (κ1) is 13.4. The van der Waals surface area contributed by atoms with E-state index in [9.17, 15) is 0 Å². The molecule has 0 aliphatic heterocycles. The minimum Gasteiger partial charge on any atom is -0.0651 e. The second-order valence-electron chi connectivity index (χ2n) is 6.65. The van der Waals surface area contributed by atoms with Crippen molar-refractivity contribution in [2.45, 2.75) is 90.4 Å². The molecule has 17 heavy (non-hydrogen) atoms. The van der Waals surface area contributed by atoms with Gasteiger partial charge in [0.15, 0.2) is 0 Å². The summed E-state index contributed by atoms with van der Waals surface area (Å²) in [6, 6.07) is 0. The molecule has 1 unspecified atom stereocenters. The van der Waals surface area contributed by atoms with E-state index in [-0.39, 0.29) is 0 Å². The van der Waals surface area contributed by atoms with E-state index in [2.05, 4.69) is 6.92 Å². The molecule has 2 aliphatic carbocycles. The lowest BCUT2D eigenvalue weighted by Crippen LogP contribution is -2.19. The maximum atomic E-state index is 2.43. The molecule has 0 N–H and O–H groups in total. The standard InChI is InChI=1S/C17H32/c1-2-16(17-11-7-4-8-12-17)14-13-15-9-5-3-6-10-15/h15-17H,2-14H2,1H3. The van der Waals surface area contributed by atoms with Gasteiger partial charge in [-0.25, -0.2) is 0 Å². The fourth-order valence-corrected chi connectivity index (χ4v) is 4.30. The van der Waals surface area contributed by atoms with Crippen LogP contribution in [-0.4, -0.2) is 0 Å². The Balaban J connectivity index is 1.70. The molecule has 0 heterocycles. The van der Waals surface area contributed by atoms with Gasteiger partial charge in [-0.2, -0.15) is 0 Å². The van der Waals surface area contributed by atoms with Crippen molar-refractivity contribution in [2.24, 2.45) is 17.8 Å². The van der Waals surface area contributed by atoms with Crippen LogP contribution in [0.4, 0.5) is 0 Å². The van der Waals surface area contributed by atoms with Crippen molar-refractivity contribution in [2.75, 3.05) is 0 Å². The van der Waals surface area contributed by atoms with Gasteiger partial charge in [0, 0.05) is 0 Å². The Bertz CT molecular complexity index is 184. The highest BCUT2D eigenvalue weighted by molar-refractivity contribution is 4.75. The normalized spacial score (nSPS) is 25.9. The molecular formula is C17H32. The molecule has 1 atom stereocenters. The second-order valence-corrected chi connectivity index (χ2v) is 6.65. The lowest BCUT2D eigenvalue weighted by atomic mass is 9.75. The average molecular weight is 236 g/mol. The maximum Gasteiger partial charge on any atom is -0.0386 e. The van der Waals surface area contributed by atoms with E-state index < -0.39 is 0 Å². The van der Waals surface area contributed by atoms with Crippen LogP contribution in [0.15, 0.2) is 0 Å². The highest BCUT2D eigenvalue weighted by Gasteiger charge is 2.23. The second kappa shape index (κ2) is 7.44. The van der Waals surface area contributed by atoms with Crippen molar-refractivity contribution in [1.29, 1.82) is 0 Å². The van der Waals surface area contributed by atoms with Crippen LogP contribution in [0.2, 0.25) is 0 Å². The average Bonchev–Trinajstić information content (AvgIpc) is 2.42. The zero-order valence-corrected chi connectivity index (χ0v) is 11.9. The van der Waals surface area contributed by atoms with Crippen molar-refractivity contribution >= 4 is 0 Å².